The van der Waals surface area contributed by atoms with Crippen molar-refractivity contribution in [2.45, 2.75) is 77.3 Å². The Hall–Kier alpha value is -3.68. The van der Waals surface area contributed by atoms with Gasteiger partial charge in [-0.1, -0.05) is 51.1 Å². The maximum Gasteiger partial charge on any atom is 0.230 e. The number of anilines is 1. The molecule has 6 rings (SSSR count). The number of hydrogen-bond acceptors (Lipinski definition) is 5. The second-order valence-electron chi connectivity index (χ2n) is 11.4. The van der Waals surface area contributed by atoms with Crippen LogP contribution < -0.4 is 4.90 Å². The van der Waals surface area contributed by atoms with Crippen LogP contribution in [0.5, 0.6) is 0 Å². The summed E-state index contributed by atoms with van der Waals surface area (Å²) in [5.74, 6) is 1.73. The second kappa shape index (κ2) is 10.8. The Kier molecular flexibility index (Phi) is 7.11. The number of hydrogen-bond donors (Lipinski definition) is 1. The van der Waals surface area contributed by atoms with Crippen LogP contribution in [0.3, 0.4) is 0 Å². The van der Waals surface area contributed by atoms with E-state index in [1.807, 2.05) is 6.07 Å². The minimum absolute atomic E-state index is 0.0691. The highest BCUT2D eigenvalue weighted by Gasteiger charge is 2.32. The van der Waals surface area contributed by atoms with E-state index in [0.717, 1.165) is 31.8 Å². The molecule has 8 nitrogen and oxygen atoms in total. The van der Waals surface area contributed by atoms with Crippen molar-refractivity contribution in [3.05, 3.63) is 71.4 Å². The smallest absolute Gasteiger partial charge is 0.230 e. The molecule has 2 aromatic carbocycles. The minimum Gasteiger partial charge on any atom is -0.368 e. The van der Waals surface area contributed by atoms with Crippen LogP contribution in [-0.4, -0.2) is 61.4 Å². The third kappa shape index (κ3) is 5.16. The largest absolute Gasteiger partial charge is 0.368 e. The molecule has 1 aliphatic carbocycles. The van der Waals surface area contributed by atoms with Crippen LogP contribution in [0.4, 0.5) is 5.69 Å². The lowest BCUT2D eigenvalue weighted by Gasteiger charge is -2.42. The molecule has 1 aliphatic heterocycles. The number of H-pyrrole nitrogens is 1. The zero-order chi connectivity index (χ0) is 26.9. The van der Waals surface area contributed by atoms with Crippen LogP contribution in [0.2, 0.25) is 0 Å². The molecule has 2 aliphatic rings. The van der Waals surface area contributed by atoms with E-state index in [1.165, 1.54) is 47.1 Å². The van der Waals surface area contributed by atoms with E-state index >= 15 is 0 Å². The van der Waals surface area contributed by atoms with Crippen molar-refractivity contribution in [1.82, 2.24) is 29.9 Å². The summed E-state index contributed by atoms with van der Waals surface area (Å²) >= 11 is 0. The molecule has 1 N–H and O–H groups in total. The molecule has 2 fully saturated rings. The first-order valence-electron chi connectivity index (χ1n) is 14.5. The lowest BCUT2D eigenvalue weighted by molar-refractivity contribution is -0.133. The van der Waals surface area contributed by atoms with Crippen molar-refractivity contribution < 1.29 is 4.79 Å². The predicted octanol–water partition coefficient (Wildman–Crippen LogP) is 5.07. The van der Waals surface area contributed by atoms with Gasteiger partial charge in [0.25, 0.3) is 0 Å². The minimum atomic E-state index is 0.0691. The number of aryl methyl sites for hydroxylation is 1. The summed E-state index contributed by atoms with van der Waals surface area (Å²) in [7, 11) is 0. The van der Waals surface area contributed by atoms with Crippen molar-refractivity contribution in [3.8, 4) is 0 Å². The Balaban J connectivity index is 1.25. The van der Waals surface area contributed by atoms with Gasteiger partial charge >= 0.3 is 0 Å². The molecular weight excluding hydrogens is 486 g/mol. The topological polar surface area (TPSA) is 82.9 Å². The highest BCUT2D eigenvalue weighted by molar-refractivity contribution is 5.86. The molecule has 1 saturated heterocycles. The molecule has 0 unspecified atom stereocenters. The number of nitrogens with one attached hydrogen (secondary N) is 1. The molecule has 1 saturated carbocycles. The quantitative estimate of drug-likeness (QED) is 0.347. The third-order valence-corrected chi connectivity index (χ3v) is 8.39. The maximum atomic E-state index is 13.6. The van der Waals surface area contributed by atoms with Crippen LogP contribution in [0.1, 0.15) is 74.9 Å². The fourth-order valence-electron chi connectivity index (χ4n) is 5.93. The zero-order valence-electron chi connectivity index (χ0n) is 23.3. The predicted molar refractivity (Wildman–Crippen MR) is 154 cm³/mol. The molecule has 3 heterocycles. The van der Waals surface area contributed by atoms with Crippen LogP contribution in [-0.2, 0) is 24.1 Å². The fraction of sp³-hybridized carbons (Fsp3) is 0.484. The van der Waals surface area contributed by atoms with E-state index in [9.17, 15) is 4.79 Å². The van der Waals surface area contributed by atoms with E-state index < -0.39 is 0 Å². The molecule has 8 heteroatoms. The molecule has 0 radical (unpaired) electrons. The van der Waals surface area contributed by atoms with Crippen molar-refractivity contribution >= 4 is 22.5 Å². The molecule has 1 atom stereocenters. The standard InChI is InChI=1S/C31H39N7O/c1-4-27-26-14-13-24(18-28(26)38(35-27)23-11-8-12-23)36-15-16-37(25(20-36)17-22-9-6-5-7-10-22)30(39)19-29-32-31(21(2)3)34-33-29/h5-7,9-10,13-14,18,21,23,25H,4,8,11-12,15-17,19-20H2,1-3H3,(H,32,33,34)/t25-/m0/s1. The molecule has 0 bridgehead atoms. The SMILES string of the molecule is CCc1nn(C2CCC2)c2cc(N3CCN(C(=O)Cc4nc(C(C)C)n[nH]4)[C@@H](Cc4ccccc4)C3)ccc12. The van der Waals surface area contributed by atoms with Crippen LogP contribution in [0.15, 0.2) is 48.5 Å². The molecule has 39 heavy (non-hydrogen) atoms. The summed E-state index contributed by atoms with van der Waals surface area (Å²) < 4.78 is 2.28. The maximum absolute atomic E-state index is 13.6. The van der Waals surface area contributed by atoms with Crippen LogP contribution in [0.25, 0.3) is 10.9 Å². The second-order valence-corrected chi connectivity index (χ2v) is 11.4. The first kappa shape index (κ1) is 25.6. The highest BCUT2D eigenvalue weighted by Crippen LogP contribution is 2.36. The Labute approximate surface area is 230 Å². The Morgan fingerprint density at radius 1 is 1.10 bits per heavy atom. The van der Waals surface area contributed by atoms with Gasteiger partial charge in [-0.15, -0.1) is 0 Å². The molecule has 1 amide bonds. The van der Waals surface area contributed by atoms with Gasteiger partial charge < -0.3 is 9.80 Å². The van der Waals surface area contributed by atoms with Gasteiger partial charge in [-0.05, 0) is 55.9 Å². The number of amides is 1. The van der Waals surface area contributed by atoms with Crippen molar-refractivity contribution in [2.24, 2.45) is 0 Å². The molecule has 2 aromatic heterocycles. The molecule has 204 valence electrons. The summed E-state index contributed by atoms with van der Waals surface area (Å²) in [5, 5.41) is 13.5. The number of aromatic nitrogens is 5. The average molecular weight is 526 g/mol. The van der Waals surface area contributed by atoms with Gasteiger partial charge in [0.05, 0.1) is 29.7 Å². The van der Waals surface area contributed by atoms with E-state index in [1.54, 1.807) is 0 Å². The Morgan fingerprint density at radius 2 is 1.92 bits per heavy atom. The monoisotopic (exact) mass is 525 g/mol. The van der Waals surface area contributed by atoms with Gasteiger partial charge in [-0.25, -0.2) is 4.98 Å². The number of carbonyl (C=O) groups excluding carboxylic acids is 1. The number of piperazine rings is 1. The number of aromatic amines is 1. The van der Waals surface area contributed by atoms with Gasteiger partial charge in [0.1, 0.15) is 5.82 Å². The first-order valence-corrected chi connectivity index (χ1v) is 14.5. The van der Waals surface area contributed by atoms with E-state index in [-0.39, 0.29) is 24.3 Å². The summed E-state index contributed by atoms with van der Waals surface area (Å²) in [5.41, 5.74) is 4.90. The van der Waals surface area contributed by atoms with Crippen molar-refractivity contribution in [3.63, 3.8) is 0 Å². The number of rotatable bonds is 8. The highest BCUT2D eigenvalue weighted by atomic mass is 16.2. The van der Waals surface area contributed by atoms with Gasteiger partial charge in [-0.2, -0.15) is 10.2 Å². The fourth-order valence-corrected chi connectivity index (χ4v) is 5.93. The number of nitrogens with zero attached hydrogens (tertiary/aromatic N) is 6. The summed E-state index contributed by atoms with van der Waals surface area (Å²) in [4.78, 5) is 22.6. The van der Waals surface area contributed by atoms with Crippen molar-refractivity contribution in [2.75, 3.05) is 24.5 Å². The zero-order valence-corrected chi connectivity index (χ0v) is 23.3. The lowest BCUT2D eigenvalue weighted by atomic mass is 9.93. The van der Waals surface area contributed by atoms with E-state index in [2.05, 4.69) is 92.9 Å². The van der Waals surface area contributed by atoms with E-state index in [0.29, 0.717) is 18.4 Å². The normalized spacial score (nSPS) is 18.2. The van der Waals surface area contributed by atoms with Gasteiger partial charge in [0, 0.05) is 36.6 Å². The van der Waals surface area contributed by atoms with Gasteiger partial charge in [0.2, 0.25) is 5.91 Å². The molecule has 4 aromatic rings. The van der Waals surface area contributed by atoms with E-state index in [4.69, 9.17) is 5.10 Å². The third-order valence-electron chi connectivity index (χ3n) is 8.39. The first-order chi connectivity index (χ1) is 19.0. The van der Waals surface area contributed by atoms with Gasteiger partial charge in [-0.3, -0.25) is 14.6 Å². The van der Waals surface area contributed by atoms with Crippen LogP contribution >= 0.6 is 0 Å². The summed E-state index contributed by atoms with van der Waals surface area (Å²) in [6.45, 7) is 8.58. The number of benzene rings is 2. The van der Waals surface area contributed by atoms with Crippen molar-refractivity contribution in [1.29, 1.82) is 0 Å². The van der Waals surface area contributed by atoms with Gasteiger partial charge in [0.15, 0.2) is 5.82 Å². The Bertz CT molecular complexity index is 1440. The van der Waals surface area contributed by atoms with Crippen LogP contribution in [0, 0.1) is 0 Å². The Morgan fingerprint density at radius 3 is 2.62 bits per heavy atom. The molecular formula is C31H39N7O. The molecule has 0 spiro atoms. The summed E-state index contributed by atoms with van der Waals surface area (Å²) in [6.07, 6.45) is 5.73. The number of carbonyl (C=O) groups is 1. The lowest BCUT2D eigenvalue weighted by Crippen LogP contribution is -2.56. The summed E-state index contributed by atoms with van der Waals surface area (Å²) in [6, 6.07) is 17.9. The number of fused-ring (bicyclic) bond motifs is 1. The average Bonchev–Trinajstić information content (AvgIpc) is 3.53.